The van der Waals surface area contributed by atoms with Crippen molar-refractivity contribution in [1.82, 2.24) is 15.1 Å². The number of carbonyl (C=O) groups is 2. The minimum atomic E-state index is -0.496. The van der Waals surface area contributed by atoms with Crippen LogP contribution in [0.3, 0.4) is 0 Å². The van der Waals surface area contributed by atoms with Crippen molar-refractivity contribution >= 4 is 11.8 Å². The first kappa shape index (κ1) is 21.2. The molecule has 6 heteroatoms. The van der Waals surface area contributed by atoms with Crippen molar-refractivity contribution in [3.8, 4) is 5.75 Å². The summed E-state index contributed by atoms with van der Waals surface area (Å²) in [5, 5.41) is 2.88. The van der Waals surface area contributed by atoms with Crippen molar-refractivity contribution in [3.05, 3.63) is 29.3 Å². The Labute approximate surface area is 162 Å². The van der Waals surface area contributed by atoms with Gasteiger partial charge in [-0.3, -0.25) is 9.59 Å². The van der Waals surface area contributed by atoms with E-state index in [9.17, 15) is 9.59 Å². The largest absolute Gasteiger partial charge is 0.484 e. The number of ether oxygens (including phenoxy) is 1. The lowest BCUT2D eigenvalue weighted by Crippen LogP contribution is -2.55. The van der Waals surface area contributed by atoms with Crippen LogP contribution < -0.4 is 10.1 Å². The quantitative estimate of drug-likeness (QED) is 0.792. The van der Waals surface area contributed by atoms with Crippen LogP contribution in [-0.2, 0) is 9.59 Å². The van der Waals surface area contributed by atoms with Gasteiger partial charge in [0.1, 0.15) is 11.8 Å². The SMILES string of the molecule is Cc1ccc(OCC(=O)N[C@H](CC(C)C)C(=O)N2CCN(C)CC2)cc1C. The van der Waals surface area contributed by atoms with E-state index < -0.39 is 6.04 Å². The fourth-order valence-electron chi connectivity index (χ4n) is 3.13. The van der Waals surface area contributed by atoms with Gasteiger partial charge in [-0.25, -0.2) is 0 Å². The maximum atomic E-state index is 12.9. The number of piperazine rings is 1. The summed E-state index contributed by atoms with van der Waals surface area (Å²) in [6.45, 7) is 11.2. The van der Waals surface area contributed by atoms with E-state index in [4.69, 9.17) is 4.74 Å². The standard InChI is InChI=1S/C21H33N3O3/c1-15(2)12-19(21(26)24-10-8-23(5)9-11-24)22-20(25)14-27-18-7-6-16(3)17(4)13-18/h6-7,13,15,19H,8-12,14H2,1-5H3,(H,22,25)/t19-/m1/s1. The summed E-state index contributed by atoms with van der Waals surface area (Å²) in [5.41, 5.74) is 2.30. The topological polar surface area (TPSA) is 61.9 Å². The maximum Gasteiger partial charge on any atom is 0.258 e. The number of aryl methyl sites for hydroxylation is 2. The second-order valence-electron chi connectivity index (χ2n) is 7.91. The molecule has 0 aliphatic carbocycles. The van der Waals surface area contributed by atoms with E-state index in [1.165, 1.54) is 5.56 Å². The third-order valence-electron chi connectivity index (χ3n) is 5.00. The molecule has 1 fully saturated rings. The maximum absolute atomic E-state index is 12.9. The summed E-state index contributed by atoms with van der Waals surface area (Å²) in [4.78, 5) is 29.3. The lowest BCUT2D eigenvalue weighted by Gasteiger charge is -2.35. The molecule has 0 saturated carbocycles. The number of nitrogens with zero attached hydrogens (tertiary/aromatic N) is 2. The highest BCUT2D eigenvalue weighted by Gasteiger charge is 2.28. The molecule has 0 aromatic heterocycles. The van der Waals surface area contributed by atoms with Crippen molar-refractivity contribution in [3.63, 3.8) is 0 Å². The Balaban J connectivity index is 1.92. The van der Waals surface area contributed by atoms with Crippen molar-refractivity contribution in [2.24, 2.45) is 5.92 Å². The molecule has 0 spiro atoms. The van der Waals surface area contributed by atoms with Crippen LogP contribution in [0.4, 0.5) is 0 Å². The first-order valence-corrected chi connectivity index (χ1v) is 9.73. The summed E-state index contributed by atoms with van der Waals surface area (Å²) in [5.74, 6) is 0.726. The Kier molecular flexibility index (Phi) is 7.66. The minimum Gasteiger partial charge on any atom is -0.484 e. The van der Waals surface area contributed by atoms with Crippen LogP contribution in [0, 0.1) is 19.8 Å². The molecule has 2 amide bonds. The molecular formula is C21H33N3O3. The number of benzene rings is 1. The van der Waals surface area contributed by atoms with Gasteiger partial charge in [0.05, 0.1) is 0 Å². The molecule has 0 unspecified atom stereocenters. The highest BCUT2D eigenvalue weighted by Crippen LogP contribution is 2.16. The van der Waals surface area contributed by atoms with Gasteiger partial charge in [-0.2, -0.15) is 0 Å². The van der Waals surface area contributed by atoms with Crippen LogP contribution in [0.15, 0.2) is 18.2 Å². The van der Waals surface area contributed by atoms with Gasteiger partial charge in [0.15, 0.2) is 6.61 Å². The fourth-order valence-corrected chi connectivity index (χ4v) is 3.13. The molecule has 1 N–H and O–H groups in total. The Hall–Kier alpha value is -2.08. The smallest absolute Gasteiger partial charge is 0.258 e. The highest BCUT2D eigenvalue weighted by atomic mass is 16.5. The van der Waals surface area contributed by atoms with Gasteiger partial charge in [0, 0.05) is 26.2 Å². The van der Waals surface area contributed by atoms with E-state index in [-0.39, 0.29) is 18.4 Å². The molecule has 1 aromatic rings. The average Bonchev–Trinajstić information content (AvgIpc) is 2.62. The molecule has 6 nitrogen and oxygen atoms in total. The Morgan fingerprint density at radius 2 is 1.78 bits per heavy atom. The molecule has 1 aliphatic heterocycles. The molecule has 150 valence electrons. The summed E-state index contributed by atoms with van der Waals surface area (Å²) < 4.78 is 5.61. The first-order chi connectivity index (χ1) is 12.8. The zero-order valence-corrected chi connectivity index (χ0v) is 17.2. The fraction of sp³-hybridized carbons (Fsp3) is 0.619. The number of nitrogens with one attached hydrogen (secondary N) is 1. The highest BCUT2D eigenvalue weighted by molar-refractivity contribution is 5.88. The summed E-state index contributed by atoms with van der Waals surface area (Å²) in [6, 6.07) is 5.26. The first-order valence-electron chi connectivity index (χ1n) is 9.73. The summed E-state index contributed by atoms with van der Waals surface area (Å²) in [7, 11) is 2.05. The molecule has 1 saturated heterocycles. The lowest BCUT2D eigenvalue weighted by molar-refractivity contribution is -0.138. The summed E-state index contributed by atoms with van der Waals surface area (Å²) in [6.07, 6.45) is 0.626. The van der Waals surface area contributed by atoms with E-state index in [0.717, 1.165) is 18.7 Å². The van der Waals surface area contributed by atoms with Crippen LogP contribution in [0.5, 0.6) is 5.75 Å². The predicted octanol–water partition coefficient (Wildman–Crippen LogP) is 1.99. The molecule has 27 heavy (non-hydrogen) atoms. The number of amides is 2. The molecule has 1 atom stereocenters. The van der Waals surface area contributed by atoms with Gasteiger partial charge in [-0.1, -0.05) is 19.9 Å². The molecule has 1 aromatic carbocycles. The van der Waals surface area contributed by atoms with E-state index in [2.05, 4.69) is 31.1 Å². The van der Waals surface area contributed by atoms with E-state index in [1.807, 2.05) is 36.9 Å². The van der Waals surface area contributed by atoms with Crippen LogP contribution in [-0.4, -0.2) is 67.5 Å². The van der Waals surface area contributed by atoms with Gasteiger partial charge in [0.2, 0.25) is 5.91 Å². The van der Waals surface area contributed by atoms with Crippen molar-refractivity contribution in [2.45, 2.75) is 40.2 Å². The average molecular weight is 376 g/mol. The monoisotopic (exact) mass is 375 g/mol. The lowest BCUT2D eigenvalue weighted by atomic mass is 10.0. The van der Waals surface area contributed by atoms with Gasteiger partial charge >= 0.3 is 0 Å². The molecule has 1 heterocycles. The molecule has 1 aliphatic rings. The Bertz CT molecular complexity index is 652. The zero-order valence-electron chi connectivity index (χ0n) is 17.2. The van der Waals surface area contributed by atoms with Crippen LogP contribution in [0.25, 0.3) is 0 Å². The number of hydrogen-bond donors (Lipinski definition) is 1. The van der Waals surface area contributed by atoms with Gasteiger partial charge in [-0.15, -0.1) is 0 Å². The molecule has 2 rings (SSSR count). The Morgan fingerprint density at radius 1 is 1.11 bits per heavy atom. The number of likely N-dealkylation sites (N-methyl/N-ethyl adjacent to an activating group) is 1. The zero-order chi connectivity index (χ0) is 20.0. The van der Waals surface area contributed by atoms with Crippen molar-refractivity contribution in [1.29, 1.82) is 0 Å². The van der Waals surface area contributed by atoms with Gasteiger partial charge < -0.3 is 19.9 Å². The number of carbonyl (C=O) groups excluding carboxylic acids is 2. The second-order valence-corrected chi connectivity index (χ2v) is 7.91. The van der Waals surface area contributed by atoms with Crippen molar-refractivity contribution < 1.29 is 14.3 Å². The number of hydrogen-bond acceptors (Lipinski definition) is 4. The predicted molar refractivity (Wildman–Crippen MR) is 107 cm³/mol. The normalized spacial score (nSPS) is 16.3. The molecule has 0 radical (unpaired) electrons. The van der Waals surface area contributed by atoms with Crippen LogP contribution in [0.1, 0.15) is 31.4 Å². The Morgan fingerprint density at radius 3 is 2.37 bits per heavy atom. The third-order valence-corrected chi connectivity index (χ3v) is 5.00. The van der Waals surface area contributed by atoms with E-state index in [1.54, 1.807) is 0 Å². The van der Waals surface area contributed by atoms with Crippen LogP contribution >= 0.6 is 0 Å². The van der Waals surface area contributed by atoms with Crippen molar-refractivity contribution in [2.75, 3.05) is 39.8 Å². The number of rotatable bonds is 7. The van der Waals surface area contributed by atoms with E-state index >= 15 is 0 Å². The van der Waals surface area contributed by atoms with Gasteiger partial charge in [0.25, 0.3) is 5.91 Å². The van der Waals surface area contributed by atoms with E-state index in [0.29, 0.717) is 31.2 Å². The van der Waals surface area contributed by atoms with Crippen LogP contribution in [0.2, 0.25) is 0 Å². The summed E-state index contributed by atoms with van der Waals surface area (Å²) >= 11 is 0. The second kappa shape index (κ2) is 9.74. The third kappa shape index (κ3) is 6.54. The van der Waals surface area contributed by atoms with Gasteiger partial charge in [-0.05, 0) is 56.5 Å². The molecular weight excluding hydrogens is 342 g/mol. The minimum absolute atomic E-state index is 0.0105. The molecule has 0 bridgehead atoms.